The first-order valence-electron chi connectivity index (χ1n) is 5.39. The van der Waals surface area contributed by atoms with Crippen molar-refractivity contribution in [1.29, 1.82) is 0 Å². The zero-order valence-electron chi connectivity index (χ0n) is 9.90. The molecule has 1 aromatic rings. The summed E-state index contributed by atoms with van der Waals surface area (Å²) in [6, 6.07) is 3.35. The summed E-state index contributed by atoms with van der Waals surface area (Å²) in [4.78, 5) is -0.0376. The van der Waals surface area contributed by atoms with Gasteiger partial charge in [0.2, 0.25) is 10.0 Å². The number of benzene rings is 1. The van der Waals surface area contributed by atoms with E-state index in [1.165, 1.54) is 12.1 Å². The SMILES string of the molecule is CCC(CN)NS(=O)(=O)c1cc(F)ccc1C. The van der Waals surface area contributed by atoms with Gasteiger partial charge in [0.05, 0.1) is 4.90 Å². The summed E-state index contributed by atoms with van der Waals surface area (Å²) >= 11 is 0. The van der Waals surface area contributed by atoms with Gasteiger partial charge in [-0.15, -0.1) is 0 Å². The monoisotopic (exact) mass is 260 g/mol. The molecule has 1 atom stereocenters. The van der Waals surface area contributed by atoms with Crippen LogP contribution in [0.4, 0.5) is 4.39 Å². The smallest absolute Gasteiger partial charge is 0.241 e. The van der Waals surface area contributed by atoms with Crippen molar-refractivity contribution in [3.05, 3.63) is 29.6 Å². The number of hydrogen-bond acceptors (Lipinski definition) is 3. The van der Waals surface area contributed by atoms with Crippen LogP contribution in [0.25, 0.3) is 0 Å². The quantitative estimate of drug-likeness (QED) is 0.834. The van der Waals surface area contributed by atoms with Gasteiger partial charge in [0.25, 0.3) is 0 Å². The lowest BCUT2D eigenvalue weighted by molar-refractivity contribution is 0.540. The lowest BCUT2D eigenvalue weighted by Crippen LogP contribution is -2.39. The summed E-state index contributed by atoms with van der Waals surface area (Å²) < 4.78 is 39.5. The maximum atomic E-state index is 13.1. The average Bonchev–Trinajstić information content (AvgIpc) is 2.29. The highest BCUT2D eigenvalue weighted by atomic mass is 32.2. The van der Waals surface area contributed by atoms with Crippen LogP contribution in [0.5, 0.6) is 0 Å². The van der Waals surface area contributed by atoms with E-state index in [0.717, 1.165) is 6.07 Å². The van der Waals surface area contributed by atoms with Gasteiger partial charge in [0.15, 0.2) is 0 Å². The average molecular weight is 260 g/mol. The molecule has 96 valence electrons. The van der Waals surface area contributed by atoms with Crippen molar-refractivity contribution in [2.45, 2.75) is 31.2 Å². The highest BCUT2D eigenvalue weighted by molar-refractivity contribution is 7.89. The number of sulfonamides is 1. The Morgan fingerprint density at radius 3 is 2.65 bits per heavy atom. The van der Waals surface area contributed by atoms with Gasteiger partial charge in [-0.3, -0.25) is 0 Å². The summed E-state index contributed by atoms with van der Waals surface area (Å²) in [6.07, 6.45) is 0.587. The largest absolute Gasteiger partial charge is 0.329 e. The molecule has 0 aromatic heterocycles. The Kier molecular flexibility index (Phi) is 4.62. The van der Waals surface area contributed by atoms with Gasteiger partial charge in [0.1, 0.15) is 5.82 Å². The zero-order chi connectivity index (χ0) is 13.1. The van der Waals surface area contributed by atoms with Crippen LogP contribution in [0.15, 0.2) is 23.1 Å². The fraction of sp³-hybridized carbons (Fsp3) is 0.455. The molecular formula is C11H17FN2O2S. The molecule has 0 radical (unpaired) electrons. The second-order valence-corrected chi connectivity index (χ2v) is 5.55. The molecule has 0 bridgehead atoms. The number of rotatable bonds is 5. The summed E-state index contributed by atoms with van der Waals surface area (Å²) in [5, 5.41) is 0. The number of hydrogen-bond donors (Lipinski definition) is 2. The molecule has 4 nitrogen and oxygen atoms in total. The number of halogens is 1. The lowest BCUT2D eigenvalue weighted by Gasteiger charge is -2.16. The van der Waals surface area contributed by atoms with Crippen molar-refractivity contribution in [1.82, 2.24) is 4.72 Å². The second-order valence-electron chi connectivity index (χ2n) is 3.87. The Labute approximate surface area is 101 Å². The van der Waals surface area contributed by atoms with E-state index in [2.05, 4.69) is 4.72 Å². The fourth-order valence-electron chi connectivity index (χ4n) is 1.44. The number of nitrogens with two attached hydrogens (primary N) is 1. The second kappa shape index (κ2) is 5.57. The summed E-state index contributed by atoms with van der Waals surface area (Å²) in [6.45, 7) is 3.67. The third-order valence-electron chi connectivity index (χ3n) is 2.54. The first-order chi connectivity index (χ1) is 7.90. The number of aryl methyl sites for hydroxylation is 1. The molecule has 0 fully saturated rings. The normalized spacial score (nSPS) is 13.6. The van der Waals surface area contributed by atoms with Crippen molar-refractivity contribution in [3.63, 3.8) is 0 Å². The molecule has 17 heavy (non-hydrogen) atoms. The van der Waals surface area contributed by atoms with Gasteiger partial charge in [-0.2, -0.15) is 0 Å². The van der Waals surface area contributed by atoms with Crippen LogP contribution in [0.1, 0.15) is 18.9 Å². The van der Waals surface area contributed by atoms with Crippen molar-refractivity contribution in [3.8, 4) is 0 Å². The third-order valence-corrected chi connectivity index (χ3v) is 4.20. The molecule has 1 aromatic carbocycles. The molecule has 1 rings (SSSR count). The van der Waals surface area contributed by atoms with Crippen molar-refractivity contribution >= 4 is 10.0 Å². The van der Waals surface area contributed by atoms with Gasteiger partial charge >= 0.3 is 0 Å². The summed E-state index contributed by atoms with van der Waals surface area (Å²) in [5.74, 6) is -0.572. The minimum Gasteiger partial charge on any atom is -0.329 e. The van der Waals surface area contributed by atoms with E-state index in [1.807, 2.05) is 6.92 Å². The molecule has 3 N–H and O–H groups in total. The molecule has 0 saturated carbocycles. The van der Waals surface area contributed by atoms with Crippen LogP contribution in [0, 0.1) is 12.7 Å². The highest BCUT2D eigenvalue weighted by Crippen LogP contribution is 2.16. The first-order valence-corrected chi connectivity index (χ1v) is 6.87. The van der Waals surface area contributed by atoms with E-state index in [0.29, 0.717) is 12.0 Å². The molecule has 6 heteroatoms. The lowest BCUT2D eigenvalue weighted by atomic mass is 10.2. The molecule has 0 spiro atoms. The molecule has 0 aliphatic rings. The van der Waals surface area contributed by atoms with Crippen LogP contribution >= 0.6 is 0 Å². The van der Waals surface area contributed by atoms with Crippen LogP contribution in [0.3, 0.4) is 0 Å². The Morgan fingerprint density at radius 2 is 2.12 bits per heavy atom. The topological polar surface area (TPSA) is 72.2 Å². The summed E-state index contributed by atoms with van der Waals surface area (Å²) in [5.41, 5.74) is 5.94. The Hall–Kier alpha value is -0.980. The minimum atomic E-state index is -3.71. The summed E-state index contributed by atoms with van der Waals surface area (Å²) in [7, 11) is -3.71. The van der Waals surface area contributed by atoms with Crippen LogP contribution in [0.2, 0.25) is 0 Å². The Balaban J connectivity index is 3.09. The molecule has 0 heterocycles. The maximum absolute atomic E-state index is 13.1. The predicted molar refractivity (Wildman–Crippen MR) is 64.6 cm³/mol. The fourth-order valence-corrected chi connectivity index (χ4v) is 3.03. The van der Waals surface area contributed by atoms with Gasteiger partial charge in [-0.1, -0.05) is 13.0 Å². The van der Waals surface area contributed by atoms with E-state index in [-0.39, 0.29) is 17.5 Å². The van der Waals surface area contributed by atoms with Gasteiger partial charge in [0, 0.05) is 12.6 Å². The standard InChI is InChI=1S/C11H17FN2O2S/c1-3-10(7-13)14-17(15,16)11-6-9(12)5-4-8(11)2/h4-6,10,14H,3,7,13H2,1-2H3. The van der Waals surface area contributed by atoms with E-state index < -0.39 is 15.8 Å². The third kappa shape index (κ3) is 3.49. The van der Waals surface area contributed by atoms with E-state index in [1.54, 1.807) is 6.92 Å². The molecular weight excluding hydrogens is 243 g/mol. The first kappa shape index (κ1) is 14.1. The minimum absolute atomic E-state index is 0.0376. The molecule has 0 amide bonds. The van der Waals surface area contributed by atoms with Gasteiger partial charge < -0.3 is 5.73 Å². The van der Waals surface area contributed by atoms with Crippen LogP contribution < -0.4 is 10.5 Å². The van der Waals surface area contributed by atoms with Crippen LogP contribution in [-0.4, -0.2) is 21.0 Å². The van der Waals surface area contributed by atoms with Crippen LogP contribution in [-0.2, 0) is 10.0 Å². The Bertz CT molecular complexity index is 484. The van der Waals surface area contributed by atoms with Crippen molar-refractivity contribution in [2.75, 3.05) is 6.54 Å². The van der Waals surface area contributed by atoms with E-state index in [9.17, 15) is 12.8 Å². The molecule has 1 unspecified atom stereocenters. The Morgan fingerprint density at radius 1 is 1.47 bits per heavy atom. The van der Waals surface area contributed by atoms with Gasteiger partial charge in [-0.05, 0) is 31.0 Å². The van der Waals surface area contributed by atoms with Crippen molar-refractivity contribution in [2.24, 2.45) is 5.73 Å². The zero-order valence-corrected chi connectivity index (χ0v) is 10.7. The molecule has 0 aliphatic carbocycles. The highest BCUT2D eigenvalue weighted by Gasteiger charge is 2.20. The predicted octanol–water partition coefficient (Wildman–Crippen LogP) is 1.15. The van der Waals surface area contributed by atoms with Crippen molar-refractivity contribution < 1.29 is 12.8 Å². The maximum Gasteiger partial charge on any atom is 0.241 e. The van der Waals surface area contributed by atoms with E-state index >= 15 is 0 Å². The molecule has 0 saturated heterocycles. The van der Waals surface area contributed by atoms with Gasteiger partial charge in [-0.25, -0.2) is 17.5 Å². The van der Waals surface area contributed by atoms with E-state index in [4.69, 9.17) is 5.73 Å². The molecule has 0 aliphatic heterocycles. The number of nitrogens with one attached hydrogen (secondary N) is 1.